The average molecular weight is 451 g/mol. The van der Waals surface area contributed by atoms with E-state index in [0.717, 1.165) is 57.0 Å². The summed E-state index contributed by atoms with van der Waals surface area (Å²) in [6.45, 7) is 8.70. The first kappa shape index (κ1) is 24.2. The highest BCUT2D eigenvalue weighted by molar-refractivity contribution is 5.90. The van der Waals surface area contributed by atoms with Crippen LogP contribution in [0.2, 0.25) is 0 Å². The number of likely N-dealkylation sites (tertiary alicyclic amines) is 1. The summed E-state index contributed by atoms with van der Waals surface area (Å²) in [5.41, 5.74) is 1.15. The lowest BCUT2D eigenvalue weighted by atomic mass is 9.95. The summed E-state index contributed by atoms with van der Waals surface area (Å²) in [5, 5.41) is 13.2. The minimum atomic E-state index is 0.273. The number of nitrogens with one attached hydrogen (secondary N) is 3. The fourth-order valence-corrected chi connectivity index (χ4v) is 5.31. The monoisotopic (exact) mass is 450 g/mol. The van der Waals surface area contributed by atoms with Gasteiger partial charge in [0.15, 0.2) is 0 Å². The van der Waals surface area contributed by atoms with Crippen LogP contribution < -0.4 is 16.0 Å². The summed E-state index contributed by atoms with van der Waals surface area (Å²) in [6, 6.07) is 14.6. The Kier molecular flexibility index (Phi) is 9.58. The van der Waals surface area contributed by atoms with Crippen LogP contribution in [0.3, 0.4) is 0 Å². The summed E-state index contributed by atoms with van der Waals surface area (Å²) in [6.07, 6.45) is 7.87. The number of hydrogen-bond donors (Lipinski definition) is 3. The first-order valence-corrected chi connectivity index (χ1v) is 13.2. The molecule has 0 radical (unpaired) electrons. The molecule has 2 aromatic carbocycles. The van der Waals surface area contributed by atoms with E-state index in [9.17, 15) is 4.79 Å². The SMILES string of the molecule is O=C(Cc1cccc2ccccc12)N1CCC(CNCCCCNCC2CCNCC2)CC1. The molecular weight excluding hydrogens is 408 g/mol. The standard InChI is InChI=1S/C28H42N4O/c33-28(20-26-8-5-7-25-6-1-2-9-27(25)26)32-18-12-24(13-19-32)22-31-15-4-3-14-30-21-23-10-16-29-17-11-23/h1-2,5-9,23-24,29-31H,3-4,10-22H2. The molecule has 0 atom stereocenters. The van der Waals surface area contributed by atoms with Gasteiger partial charge in [0.25, 0.3) is 0 Å². The van der Waals surface area contributed by atoms with Crippen LogP contribution in [0.1, 0.15) is 44.1 Å². The second kappa shape index (κ2) is 13.1. The van der Waals surface area contributed by atoms with Crippen molar-refractivity contribution in [1.29, 1.82) is 0 Å². The minimum absolute atomic E-state index is 0.273. The van der Waals surface area contributed by atoms with Crippen molar-refractivity contribution >= 4 is 16.7 Å². The Bertz CT molecular complexity index is 851. The van der Waals surface area contributed by atoms with E-state index in [0.29, 0.717) is 12.3 Å². The Hall–Kier alpha value is -1.95. The Balaban J connectivity index is 1.06. The van der Waals surface area contributed by atoms with Crippen LogP contribution in [0.5, 0.6) is 0 Å². The summed E-state index contributed by atoms with van der Waals surface area (Å²) >= 11 is 0. The zero-order chi connectivity index (χ0) is 22.7. The number of benzene rings is 2. The molecule has 2 aromatic rings. The van der Waals surface area contributed by atoms with Crippen molar-refractivity contribution in [3.8, 4) is 0 Å². The van der Waals surface area contributed by atoms with Crippen LogP contribution >= 0.6 is 0 Å². The molecule has 2 heterocycles. The van der Waals surface area contributed by atoms with Gasteiger partial charge in [0.1, 0.15) is 0 Å². The van der Waals surface area contributed by atoms with E-state index in [1.165, 1.54) is 56.1 Å². The van der Waals surface area contributed by atoms with Gasteiger partial charge in [-0.2, -0.15) is 0 Å². The molecular formula is C28H42N4O. The smallest absolute Gasteiger partial charge is 0.227 e. The second-order valence-electron chi connectivity index (χ2n) is 9.95. The fourth-order valence-electron chi connectivity index (χ4n) is 5.31. The lowest BCUT2D eigenvalue weighted by Crippen LogP contribution is -2.41. The molecule has 2 aliphatic rings. The number of carbonyl (C=O) groups excluding carboxylic acids is 1. The molecule has 5 heteroatoms. The topological polar surface area (TPSA) is 56.4 Å². The molecule has 180 valence electrons. The summed E-state index contributed by atoms with van der Waals surface area (Å²) in [7, 11) is 0. The molecule has 5 nitrogen and oxygen atoms in total. The highest BCUT2D eigenvalue weighted by Crippen LogP contribution is 2.21. The second-order valence-corrected chi connectivity index (χ2v) is 9.95. The normalized spacial score (nSPS) is 18.1. The Morgan fingerprint density at radius 3 is 2.21 bits per heavy atom. The van der Waals surface area contributed by atoms with Gasteiger partial charge in [-0.1, -0.05) is 42.5 Å². The third-order valence-corrected chi connectivity index (χ3v) is 7.47. The minimum Gasteiger partial charge on any atom is -0.342 e. The van der Waals surface area contributed by atoms with E-state index in [4.69, 9.17) is 0 Å². The van der Waals surface area contributed by atoms with Crippen LogP contribution in [0.15, 0.2) is 42.5 Å². The molecule has 2 aliphatic heterocycles. The van der Waals surface area contributed by atoms with Gasteiger partial charge in [0, 0.05) is 13.1 Å². The summed E-state index contributed by atoms with van der Waals surface area (Å²) in [4.78, 5) is 15.0. The van der Waals surface area contributed by atoms with Crippen LogP contribution in [0.4, 0.5) is 0 Å². The number of rotatable bonds is 11. The van der Waals surface area contributed by atoms with Gasteiger partial charge in [-0.15, -0.1) is 0 Å². The maximum atomic E-state index is 12.9. The van der Waals surface area contributed by atoms with E-state index in [1.807, 2.05) is 0 Å². The van der Waals surface area contributed by atoms with Crippen LogP contribution in [-0.2, 0) is 11.2 Å². The average Bonchev–Trinajstić information content (AvgIpc) is 2.87. The van der Waals surface area contributed by atoms with Gasteiger partial charge in [-0.05, 0) is 106 Å². The van der Waals surface area contributed by atoms with Crippen LogP contribution in [0, 0.1) is 11.8 Å². The van der Waals surface area contributed by atoms with Gasteiger partial charge >= 0.3 is 0 Å². The first-order chi connectivity index (χ1) is 16.3. The number of fused-ring (bicyclic) bond motifs is 1. The number of hydrogen-bond acceptors (Lipinski definition) is 4. The van der Waals surface area contributed by atoms with Crippen molar-refractivity contribution in [3.63, 3.8) is 0 Å². The highest BCUT2D eigenvalue weighted by Gasteiger charge is 2.23. The van der Waals surface area contributed by atoms with Crippen LogP contribution in [0.25, 0.3) is 10.8 Å². The van der Waals surface area contributed by atoms with E-state index < -0.39 is 0 Å². The fraction of sp³-hybridized carbons (Fsp3) is 0.607. The lowest BCUT2D eigenvalue weighted by molar-refractivity contribution is -0.131. The van der Waals surface area contributed by atoms with Crippen molar-refractivity contribution in [2.24, 2.45) is 11.8 Å². The number of piperidine rings is 2. The van der Waals surface area contributed by atoms with Crippen molar-refractivity contribution < 1.29 is 4.79 Å². The van der Waals surface area contributed by atoms with Crippen molar-refractivity contribution in [1.82, 2.24) is 20.9 Å². The largest absolute Gasteiger partial charge is 0.342 e. The lowest BCUT2D eigenvalue weighted by Gasteiger charge is -2.32. The molecule has 0 unspecified atom stereocenters. The number of nitrogens with zero attached hydrogens (tertiary/aromatic N) is 1. The predicted molar refractivity (Wildman–Crippen MR) is 138 cm³/mol. The van der Waals surface area contributed by atoms with E-state index >= 15 is 0 Å². The van der Waals surface area contributed by atoms with Crippen molar-refractivity contribution in [2.45, 2.75) is 44.9 Å². The molecule has 0 spiro atoms. The maximum Gasteiger partial charge on any atom is 0.227 e. The molecule has 0 aromatic heterocycles. The van der Waals surface area contributed by atoms with E-state index in [-0.39, 0.29) is 5.91 Å². The van der Waals surface area contributed by atoms with Gasteiger partial charge in [0.05, 0.1) is 6.42 Å². The molecule has 0 bridgehead atoms. The Labute approximate surface area is 199 Å². The van der Waals surface area contributed by atoms with Gasteiger partial charge < -0.3 is 20.9 Å². The van der Waals surface area contributed by atoms with E-state index in [1.54, 1.807) is 0 Å². The molecule has 0 aliphatic carbocycles. The van der Waals surface area contributed by atoms with Crippen molar-refractivity contribution in [2.75, 3.05) is 52.4 Å². The molecule has 3 N–H and O–H groups in total. The molecule has 1 amide bonds. The van der Waals surface area contributed by atoms with Crippen LogP contribution in [-0.4, -0.2) is 63.2 Å². The third kappa shape index (κ3) is 7.53. The third-order valence-electron chi connectivity index (χ3n) is 7.47. The number of unbranched alkanes of at least 4 members (excludes halogenated alkanes) is 1. The van der Waals surface area contributed by atoms with Crippen molar-refractivity contribution in [3.05, 3.63) is 48.0 Å². The highest BCUT2D eigenvalue weighted by atomic mass is 16.2. The summed E-state index contributed by atoms with van der Waals surface area (Å²) < 4.78 is 0. The first-order valence-electron chi connectivity index (χ1n) is 13.2. The Morgan fingerprint density at radius 1 is 0.848 bits per heavy atom. The zero-order valence-corrected chi connectivity index (χ0v) is 20.2. The van der Waals surface area contributed by atoms with Gasteiger partial charge in [-0.25, -0.2) is 0 Å². The maximum absolute atomic E-state index is 12.9. The van der Waals surface area contributed by atoms with E-state index in [2.05, 4.69) is 63.3 Å². The summed E-state index contributed by atoms with van der Waals surface area (Å²) in [5.74, 6) is 1.84. The van der Waals surface area contributed by atoms with Gasteiger partial charge in [0.2, 0.25) is 5.91 Å². The molecule has 4 rings (SSSR count). The predicted octanol–water partition coefficient (Wildman–Crippen LogP) is 3.58. The zero-order valence-electron chi connectivity index (χ0n) is 20.2. The molecule has 2 saturated heterocycles. The molecule has 0 saturated carbocycles. The number of amides is 1. The van der Waals surface area contributed by atoms with Gasteiger partial charge in [-0.3, -0.25) is 4.79 Å². The Morgan fingerprint density at radius 2 is 1.48 bits per heavy atom. The molecule has 33 heavy (non-hydrogen) atoms. The molecule has 2 fully saturated rings. The number of carbonyl (C=O) groups is 1. The quantitative estimate of drug-likeness (QED) is 0.458.